The van der Waals surface area contributed by atoms with Crippen molar-refractivity contribution >= 4 is 47.0 Å². The first-order valence-electron chi connectivity index (χ1n) is 6.98. The van der Waals surface area contributed by atoms with Crippen LogP contribution in [-0.4, -0.2) is 52.4 Å². The molecule has 0 spiro atoms. The Hall–Kier alpha value is -1.67. The number of carbonyl (C=O) groups excluding carboxylic acids is 2. The third kappa shape index (κ3) is 9.85. The Bertz CT molecular complexity index is 535. The predicted octanol–water partition coefficient (Wildman–Crippen LogP) is 1.60. The fourth-order valence-corrected chi connectivity index (χ4v) is 2.76. The molecule has 0 fully saturated rings. The average Bonchev–Trinajstić information content (AvgIpc) is 2.49. The fraction of sp³-hybridized carbons (Fsp3) is 0.400. The molecule has 1 aromatic carbocycles. The van der Waals surface area contributed by atoms with Crippen molar-refractivity contribution in [3.05, 3.63) is 29.8 Å². The van der Waals surface area contributed by atoms with Crippen LogP contribution in [0.5, 0.6) is 0 Å². The highest BCUT2D eigenvalue weighted by molar-refractivity contribution is 8.00. The van der Waals surface area contributed by atoms with Gasteiger partial charge in [-0.1, -0.05) is 17.7 Å². The molecular weight excluding hydrogens is 336 g/mol. The normalized spacial score (nSPS) is 10.1. The predicted molar refractivity (Wildman–Crippen MR) is 95.1 cm³/mol. The molecule has 0 bridgehead atoms. The zero-order chi connectivity index (χ0) is 17.1. The molecule has 0 heterocycles. The summed E-state index contributed by atoms with van der Waals surface area (Å²) in [6.07, 6.45) is 0. The summed E-state index contributed by atoms with van der Waals surface area (Å²) in [5.41, 5.74) is 1.86. The Balaban J connectivity index is 2.08. The monoisotopic (exact) mass is 356 g/mol. The van der Waals surface area contributed by atoms with Crippen molar-refractivity contribution in [3.8, 4) is 0 Å². The molecule has 6 nitrogen and oxygen atoms in total. The number of hydrogen-bond acceptors (Lipinski definition) is 5. The van der Waals surface area contributed by atoms with E-state index in [0.717, 1.165) is 11.3 Å². The van der Waals surface area contributed by atoms with Crippen molar-refractivity contribution in [2.75, 3.05) is 34.9 Å². The van der Waals surface area contributed by atoms with Gasteiger partial charge in [0.25, 0.3) is 0 Å². The summed E-state index contributed by atoms with van der Waals surface area (Å²) in [5.74, 6) is -0.186. The third-order valence-corrected chi connectivity index (χ3v) is 4.47. The van der Waals surface area contributed by atoms with Gasteiger partial charge < -0.3 is 15.7 Å². The number of amides is 2. The van der Waals surface area contributed by atoms with Crippen LogP contribution in [0.3, 0.4) is 0 Å². The van der Waals surface area contributed by atoms with Crippen LogP contribution in [0, 0.1) is 6.92 Å². The van der Waals surface area contributed by atoms with Crippen molar-refractivity contribution in [1.82, 2.24) is 5.32 Å². The Morgan fingerprint density at radius 1 is 1.00 bits per heavy atom. The smallest absolute Gasteiger partial charge is 0.313 e. The first kappa shape index (κ1) is 19.4. The number of nitrogens with one attached hydrogen (secondary N) is 2. The minimum atomic E-state index is -0.864. The summed E-state index contributed by atoms with van der Waals surface area (Å²) < 4.78 is 0. The molecule has 2 amide bonds. The average molecular weight is 356 g/mol. The van der Waals surface area contributed by atoms with E-state index in [1.165, 1.54) is 23.5 Å². The van der Waals surface area contributed by atoms with Gasteiger partial charge in [-0.3, -0.25) is 14.4 Å². The SMILES string of the molecule is Cc1ccc(NC(=O)CSCC(=O)NCCSCC(=O)O)cc1. The molecule has 0 aliphatic rings. The van der Waals surface area contributed by atoms with Crippen molar-refractivity contribution < 1.29 is 19.5 Å². The lowest BCUT2D eigenvalue weighted by Crippen LogP contribution is -2.28. The maximum absolute atomic E-state index is 11.7. The van der Waals surface area contributed by atoms with Crippen molar-refractivity contribution in [3.63, 3.8) is 0 Å². The number of benzene rings is 1. The van der Waals surface area contributed by atoms with Crippen LogP contribution in [0.4, 0.5) is 5.69 Å². The van der Waals surface area contributed by atoms with E-state index in [0.29, 0.717) is 12.3 Å². The summed E-state index contributed by atoms with van der Waals surface area (Å²) in [6, 6.07) is 7.50. The Morgan fingerprint density at radius 3 is 2.30 bits per heavy atom. The molecule has 0 unspecified atom stereocenters. The lowest BCUT2D eigenvalue weighted by Gasteiger charge is -2.06. The van der Waals surface area contributed by atoms with E-state index >= 15 is 0 Å². The molecule has 0 saturated carbocycles. The van der Waals surface area contributed by atoms with Crippen LogP contribution < -0.4 is 10.6 Å². The van der Waals surface area contributed by atoms with Crippen LogP contribution >= 0.6 is 23.5 Å². The van der Waals surface area contributed by atoms with Gasteiger partial charge in [0.15, 0.2) is 0 Å². The number of aliphatic carboxylic acids is 1. The van der Waals surface area contributed by atoms with E-state index in [4.69, 9.17) is 5.11 Å². The highest BCUT2D eigenvalue weighted by atomic mass is 32.2. The van der Waals surface area contributed by atoms with Crippen molar-refractivity contribution in [2.24, 2.45) is 0 Å². The largest absolute Gasteiger partial charge is 0.481 e. The molecule has 8 heteroatoms. The molecule has 1 rings (SSSR count). The number of carbonyl (C=O) groups is 3. The number of rotatable bonds is 10. The molecule has 0 aliphatic heterocycles. The summed E-state index contributed by atoms with van der Waals surface area (Å²) in [5, 5.41) is 13.9. The van der Waals surface area contributed by atoms with Crippen LogP contribution in [-0.2, 0) is 14.4 Å². The minimum Gasteiger partial charge on any atom is -0.481 e. The number of carboxylic acid groups (broad SMARTS) is 1. The van der Waals surface area contributed by atoms with Crippen LogP contribution in [0.15, 0.2) is 24.3 Å². The maximum atomic E-state index is 11.7. The standard InChI is InChI=1S/C15H20N2O4S2/c1-11-2-4-12(5-3-11)17-14(19)9-23-8-13(18)16-6-7-22-10-15(20)21/h2-5H,6-10H2,1H3,(H,16,18)(H,17,19)(H,20,21). The van der Waals surface area contributed by atoms with Gasteiger partial charge in [0.2, 0.25) is 11.8 Å². The molecule has 23 heavy (non-hydrogen) atoms. The molecule has 0 aliphatic carbocycles. The second kappa shape index (κ2) is 11.0. The molecule has 0 aromatic heterocycles. The van der Waals surface area contributed by atoms with Gasteiger partial charge in [-0.25, -0.2) is 0 Å². The van der Waals surface area contributed by atoms with E-state index in [1.54, 1.807) is 0 Å². The molecular formula is C15H20N2O4S2. The zero-order valence-corrected chi connectivity index (χ0v) is 14.5. The van der Waals surface area contributed by atoms with Gasteiger partial charge in [0.1, 0.15) is 0 Å². The van der Waals surface area contributed by atoms with Crippen LogP contribution in [0.1, 0.15) is 5.56 Å². The third-order valence-electron chi connectivity index (χ3n) is 2.60. The van der Waals surface area contributed by atoms with E-state index in [2.05, 4.69) is 10.6 Å². The number of hydrogen-bond donors (Lipinski definition) is 3. The van der Waals surface area contributed by atoms with Gasteiger partial charge >= 0.3 is 5.97 Å². The molecule has 1 aromatic rings. The van der Waals surface area contributed by atoms with Crippen LogP contribution in [0.25, 0.3) is 0 Å². The highest BCUT2D eigenvalue weighted by Crippen LogP contribution is 2.09. The Morgan fingerprint density at radius 2 is 1.65 bits per heavy atom. The molecule has 3 N–H and O–H groups in total. The van der Waals surface area contributed by atoms with Gasteiger partial charge in [-0.05, 0) is 19.1 Å². The van der Waals surface area contributed by atoms with E-state index < -0.39 is 5.97 Å². The molecule has 0 radical (unpaired) electrons. The molecule has 0 atom stereocenters. The molecule has 126 valence electrons. The Labute approximate surface area is 143 Å². The molecule has 0 saturated heterocycles. The van der Waals surface area contributed by atoms with Crippen molar-refractivity contribution in [1.29, 1.82) is 0 Å². The minimum absolute atomic E-state index is 0.0315. The van der Waals surface area contributed by atoms with Gasteiger partial charge in [0.05, 0.1) is 17.3 Å². The Kier molecular flexibility index (Phi) is 9.23. The number of aryl methyl sites for hydroxylation is 1. The summed E-state index contributed by atoms with van der Waals surface area (Å²) >= 11 is 2.48. The second-order valence-corrected chi connectivity index (χ2v) is 6.79. The van der Waals surface area contributed by atoms with E-state index in [9.17, 15) is 14.4 Å². The lowest BCUT2D eigenvalue weighted by molar-refractivity contribution is -0.134. The van der Waals surface area contributed by atoms with Crippen molar-refractivity contribution in [2.45, 2.75) is 6.92 Å². The summed E-state index contributed by atoms with van der Waals surface area (Å²) in [6.45, 7) is 2.40. The quantitative estimate of drug-likeness (QED) is 0.551. The fourth-order valence-electron chi connectivity index (χ4n) is 1.54. The first-order chi connectivity index (χ1) is 11.0. The lowest BCUT2D eigenvalue weighted by atomic mass is 10.2. The van der Waals surface area contributed by atoms with E-state index in [1.807, 2.05) is 31.2 Å². The highest BCUT2D eigenvalue weighted by Gasteiger charge is 2.06. The number of thioether (sulfide) groups is 2. The number of carboxylic acids is 1. The zero-order valence-electron chi connectivity index (χ0n) is 12.8. The van der Waals surface area contributed by atoms with Crippen LogP contribution in [0.2, 0.25) is 0 Å². The first-order valence-corrected chi connectivity index (χ1v) is 9.29. The second-order valence-electron chi connectivity index (χ2n) is 4.70. The van der Waals surface area contributed by atoms with Gasteiger partial charge in [0, 0.05) is 18.0 Å². The maximum Gasteiger partial charge on any atom is 0.313 e. The number of anilines is 1. The summed E-state index contributed by atoms with van der Waals surface area (Å²) in [7, 11) is 0. The van der Waals surface area contributed by atoms with Gasteiger partial charge in [-0.2, -0.15) is 0 Å². The topological polar surface area (TPSA) is 95.5 Å². The van der Waals surface area contributed by atoms with E-state index in [-0.39, 0.29) is 29.1 Å². The summed E-state index contributed by atoms with van der Waals surface area (Å²) in [4.78, 5) is 33.5. The van der Waals surface area contributed by atoms with Gasteiger partial charge in [-0.15, -0.1) is 23.5 Å².